The highest BCUT2D eigenvalue weighted by molar-refractivity contribution is 6.30. The number of amides is 1. The molecule has 7 rings (SSSR count). The van der Waals surface area contributed by atoms with E-state index in [0.717, 1.165) is 75.5 Å². The Morgan fingerprint density at radius 2 is 1.96 bits per heavy atom. The van der Waals surface area contributed by atoms with Crippen LogP contribution in [0.1, 0.15) is 45.1 Å². The van der Waals surface area contributed by atoms with Gasteiger partial charge in [-0.25, -0.2) is 14.4 Å². The van der Waals surface area contributed by atoms with Crippen molar-refractivity contribution in [3.05, 3.63) is 118 Å². The average molecular weight is 650 g/mol. The van der Waals surface area contributed by atoms with Crippen molar-refractivity contribution in [1.82, 2.24) is 29.6 Å². The number of carbonyl (C=O) groups is 1. The molecule has 9 nitrogen and oxygen atoms in total. The summed E-state index contributed by atoms with van der Waals surface area (Å²) in [5.74, 6) is 0.777. The number of fused-ring (bicyclic) bond motifs is 2. The fraction of sp³-hybridized carbons (Fsp3) is 0.222. The number of halogens is 2. The summed E-state index contributed by atoms with van der Waals surface area (Å²) in [7, 11) is 2.01. The maximum absolute atomic E-state index is 14.2. The topological polar surface area (TPSA) is 101 Å². The molecule has 0 spiro atoms. The number of nitrogens with one attached hydrogen (secondary N) is 2. The van der Waals surface area contributed by atoms with Crippen LogP contribution in [-0.2, 0) is 20.2 Å². The van der Waals surface area contributed by atoms with E-state index in [0.29, 0.717) is 28.6 Å². The molecule has 0 saturated heterocycles. The summed E-state index contributed by atoms with van der Waals surface area (Å²) in [6.07, 6.45) is 3.00. The van der Waals surface area contributed by atoms with Gasteiger partial charge in [-0.2, -0.15) is 5.10 Å². The fourth-order valence-corrected chi connectivity index (χ4v) is 6.13. The second-order valence-electron chi connectivity index (χ2n) is 11.9. The molecule has 0 unspecified atom stereocenters. The van der Waals surface area contributed by atoms with Gasteiger partial charge in [0.1, 0.15) is 18.2 Å². The normalized spacial score (nSPS) is 13.7. The lowest BCUT2D eigenvalue weighted by Crippen LogP contribution is -2.29. The van der Waals surface area contributed by atoms with Crippen molar-refractivity contribution in [2.75, 3.05) is 18.4 Å². The summed E-state index contributed by atoms with van der Waals surface area (Å²) in [6.45, 7) is 6.27. The predicted molar refractivity (Wildman–Crippen MR) is 182 cm³/mol. The van der Waals surface area contributed by atoms with E-state index >= 15 is 0 Å². The van der Waals surface area contributed by atoms with Crippen LogP contribution >= 0.6 is 11.6 Å². The van der Waals surface area contributed by atoms with Crippen molar-refractivity contribution in [2.45, 2.75) is 33.4 Å². The van der Waals surface area contributed by atoms with Crippen molar-refractivity contribution >= 4 is 50.7 Å². The first-order valence-electron chi connectivity index (χ1n) is 15.4. The molecule has 3 aromatic carbocycles. The zero-order chi connectivity index (χ0) is 32.7. The van der Waals surface area contributed by atoms with Crippen molar-refractivity contribution in [1.29, 1.82) is 0 Å². The third-order valence-corrected chi connectivity index (χ3v) is 8.87. The number of aryl methyl sites for hydroxylation is 3. The van der Waals surface area contributed by atoms with Gasteiger partial charge in [-0.05, 0) is 79.9 Å². The SMILES string of the molecule is Cc1[nH]nc2c(C)cc(NC(=O)c3ccc4c(c3)nc(CN3CC=C(c5cccc(OCc6ccc(Cl)cc6F)n5)CC3)n4C)cc12. The second-order valence-corrected chi connectivity index (χ2v) is 12.3. The number of anilines is 1. The number of nitrogens with zero attached hydrogens (tertiary/aromatic N) is 5. The zero-order valence-corrected chi connectivity index (χ0v) is 27.0. The van der Waals surface area contributed by atoms with E-state index in [2.05, 4.69) is 36.0 Å². The van der Waals surface area contributed by atoms with Gasteiger partial charge in [0, 0.05) is 59.1 Å². The molecule has 1 aliphatic rings. The van der Waals surface area contributed by atoms with Crippen LogP contribution in [-0.4, -0.2) is 48.6 Å². The molecule has 6 aromatic rings. The highest BCUT2D eigenvalue weighted by Crippen LogP contribution is 2.27. The summed E-state index contributed by atoms with van der Waals surface area (Å²) in [5, 5.41) is 11.7. The van der Waals surface area contributed by atoms with Gasteiger partial charge in [-0.15, -0.1) is 0 Å². The zero-order valence-electron chi connectivity index (χ0n) is 26.3. The molecule has 3 aromatic heterocycles. The minimum Gasteiger partial charge on any atom is -0.473 e. The molecule has 1 amide bonds. The quantitative estimate of drug-likeness (QED) is 0.179. The Hall–Kier alpha value is -5.06. The van der Waals surface area contributed by atoms with Crippen LogP contribution in [0.3, 0.4) is 0 Å². The van der Waals surface area contributed by atoms with E-state index in [1.54, 1.807) is 18.2 Å². The first-order chi connectivity index (χ1) is 22.7. The molecule has 0 saturated carbocycles. The van der Waals surface area contributed by atoms with Gasteiger partial charge in [0.2, 0.25) is 5.88 Å². The largest absolute Gasteiger partial charge is 0.473 e. The molecule has 238 valence electrons. The number of imidazole rings is 1. The number of hydrogen-bond acceptors (Lipinski definition) is 6. The minimum absolute atomic E-state index is 0.0676. The van der Waals surface area contributed by atoms with Gasteiger partial charge in [-0.1, -0.05) is 29.8 Å². The first-order valence-corrected chi connectivity index (χ1v) is 15.8. The number of hydrogen-bond donors (Lipinski definition) is 2. The number of H-pyrrole nitrogens is 1. The van der Waals surface area contributed by atoms with Crippen LogP contribution in [0.2, 0.25) is 5.02 Å². The van der Waals surface area contributed by atoms with E-state index in [1.807, 2.05) is 63.4 Å². The van der Waals surface area contributed by atoms with Gasteiger partial charge in [0.15, 0.2) is 0 Å². The lowest BCUT2D eigenvalue weighted by molar-refractivity contribution is 0.102. The van der Waals surface area contributed by atoms with Crippen LogP contribution in [0.15, 0.2) is 72.8 Å². The van der Waals surface area contributed by atoms with Gasteiger partial charge in [0.25, 0.3) is 5.91 Å². The Bertz CT molecular complexity index is 2190. The van der Waals surface area contributed by atoms with Gasteiger partial charge < -0.3 is 14.6 Å². The summed E-state index contributed by atoms with van der Waals surface area (Å²) >= 11 is 5.86. The Kier molecular flexibility index (Phi) is 8.21. The Morgan fingerprint density at radius 3 is 2.77 bits per heavy atom. The summed E-state index contributed by atoms with van der Waals surface area (Å²) in [4.78, 5) is 25.1. The summed E-state index contributed by atoms with van der Waals surface area (Å²) < 4.78 is 22.0. The van der Waals surface area contributed by atoms with Crippen LogP contribution in [0, 0.1) is 19.7 Å². The van der Waals surface area contributed by atoms with Crippen LogP contribution in [0.25, 0.3) is 27.5 Å². The van der Waals surface area contributed by atoms with Crippen LogP contribution < -0.4 is 10.1 Å². The molecular weight excluding hydrogens is 617 g/mol. The smallest absolute Gasteiger partial charge is 0.255 e. The molecule has 1 aliphatic heterocycles. The van der Waals surface area contributed by atoms with E-state index < -0.39 is 5.82 Å². The number of ether oxygens (including phenoxy) is 1. The van der Waals surface area contributed by atoms with Crippen molar-refractivity contribution in [3.8, 4) is 5.88 Å². The lowest BCUT2D eigenvalue weighted by atomic mass is 10.0. The maximum atomic E-state index is 14.2. The standard InChI is InChI=1S/C36H33ClFN7O2/c1-21-15-27(18-28-22(2)42-43-35(21)28)39-36(46)24-8-10-32-31(16-24)40-33(44(32)3)19-45-13-11-23(12-14-45)30-5-4-6-34(41-30)47-20-25-7-9-26(37)17-29(25)38/h4-11,15-18H,12-14,19-20H2,1-3H3,(H,39,46)(H,42,43). The van der Waals surface area contributed by atoms with Gasteiger partial charge in [0.05, 0.1) is 28.8 Å². The number of rotatable bonds is 8. The number of aromatic nitrogens is 5. The van der Waals surface area contributed by atoms with E-state index in [1.165, 1.54) is 6.07 Å². The summed E-state index contributed by atoms with van der Waals surface area (Å²) in [6, 6.07) is 19.7. The number of benzene rings is 3. The number of pyridine rings is 1. The van der Waals surface area contributed by atoms with Crippen molar-refractivity contribution < 1.29 is 13.9 Å². The average Bonchev–Trinajstić information content (AvgIpc) is 3.59. The fourth-order valence-electron chi connectivity index (χ4n) is 5.97. The molecular formula is C36H33ClFN7O2. The van der Waals surface area contributed by atoms with E-state index in [4.69, 9.17) is 21.3 Å². The molecule has 0 aliphatic carbocycles. The van der Waals surface area contributed by atoms with E-state index in [-0.39, 0.29) is 12.5 Å². The molecule has 0 bridgehead atoms. The second kappa shape index (κ2) is 12.6. The van der Waals surface area contributed by atoms with E-state index in [9.17, 15) is 9.18 Å². The van der Waals surface area contributed by atoms with Gasteiger partial charge >= 0.3 is 0 Å². The lowest BCUT2D eigenvalue weighted by Gasteiger charge is -2.25. The van der Waals surface area contributed by atoms with Crippen LogP contribution in [0.5, 0.6) is 5.88 Å². The van der Waals surface area contributed by atoms with Crippen molar-refractivity contribution in [2.24, 2.45) is 7.05 Å². The van der Waals surface area contributed by atoms with Crippen LogP contribution in [0.4, 0.5) is 10.1 Å². The molecule has 2 N–H and O–H groups in total. The monoisotopic (exact) mass is 649 g/mol. The first kappa shape index (κ1) is 30.6. The number of aromatic amines is 1. The molecule has 47 heavy (non-hydrogen) atoms. The predicted octanol–water partition coefficient (Wildman–Crippen LogP) is 7.37. The molecule has 4 heterocycles. The third-order valence-electron chi connectivity index (χ3n) is 8.63. The third kappa shape index (κ3) is 6.34. The Balaban J connectivity index is 1.00. The van der Waals surface area contributed by atoms with Crippen molar-refractivity contribution in [3.63, 3.8) is 0 Å². The maximum Gasteiger partial charge on any atom is 0.255 e. The molecule has 0 fully saturated rings. The number of carbonyl (C=O) groups excluding carboxylic acids is 1. The molecule has 0 radical (unpaired) electrons. The van der Waals surface area contributed by atoms with Gasteiger partial charge in [-0.3, -0.25) is 14.8 Å². The highest BCUT2D eigenvalue weighted by Gasteiger charge is 2.19. The molecule has 0 atom stereocenters. The Labute approximate surface area is 276 Å². The summed E-state index contributed by atoms with van der Waals surface area (Å²) in [5.41, 5.74) is 8.29. The molecule has 11 heteroatoms. The Morgan fingerprint density at radius 1 is 1.09 bits per heavy atom. The minimum atomic E-state index is -0.403. The highest BCUT2D eigenvalue weighted by atomic mass is 35.5.